The molecule has 0 aliphatic rings. The summed E-state index contributed by atoms with van der Waals surface area (Å²) in [6.45, 7) is 6.08. The minimum atomic E-state index is -0.143. The van der Waals surface area contributed by atoms with Gasteiger partial charge in [-0.05, 0) is 44.0 Å². The SMILES string of the molecule is Cc1nc2nc(NC(=O)CSc3nncn3C)ccc2c(C)c1C. The van der Waals surface area contributed by atoms with E-state index in [0.717, 1.165) is 11.1 Å². The zero-order valence-corrected chi connectivity index (χ0v) is 14.8. The molecule has 3 rings (SSSR count). The fraction of sp³-hybridized carbons (Fsp3) is 0.312. The number of nitrogens with zero attached hydrogens (tertiary/aromatic N) is 5. The van der Waals surface area contributed by atoms with E-state index in [1.54, 1.807) is 17.0 Å². The first-order valence-corrected chi connectivity index (χ1v) is 8.45. The molecule has 0 spiro atoms. The number of anilines is 1. The van der Waals surface area contributed by atoms with Gasteiger partial charge in [0.15, 0.2) is 10.8 Å². The summed E-state index contributed by atoms with van der Waals surface area (Å²) in [4.78, 5) is 21.1. The highest BCUT2D eigenvalue weighted by Gasteiger charge is 2.10. The molecule has 0 fully saturated rings. The molecule has 0 aromatic carbocycles. The molecule has 0 bridgehead atoms. The van der Waals surface area contributed by atoms with Crippen molar-refractivity contribution in [1.29, 1.82) is 0 Å². The average Bonchev–Trinajstić information content (AvgIpc) is 2.96. The number of hydrogen-bond acceptors (Lipinski definition) is 6. The fourth-order valence-electron chi connectivity index (χ4n) is 2.32. The van der Waals surface area contributed by atoms with Crippen LogP contribution in [0, 0.1) is 20.8 Å². The van der Waals surface area contributed by atoms with Crippen molar-refractivity contribution in [3.05, 3.63) is 35.3 Å². The molecular weight excluding hydrogens is 324 g/mol. The molecular formula is C16H18N6OS. The standard InChI is InChI=1S/C16H18N6OS/c1-9-10(2)12-5-6-13(20-15(12)18-11(9)3)19-14(23)7-24-16-21-17-8-22(16)4/h5-6,8H,7H2,1-4H3,(H,18,19,20,23). The molecule has 1 N–H and O–H groups in total. The number of amides is 1. The van der Waals surface area contributed by atoms with Crippen LogP contribution >= 0.6 is 11.8 Å². The van der Waals surface area contributed by atoms with Gasteiger partial charge in [-0.2, -0.15) is 0 Å². The van der Waals surface area contributed by atoms with Gasteiger partial charge in [0.2, 0.25) is 5.91 Å². The molecule has 0 saturated carbocycles. The monoisotopic (exact) mass is 342 g/mol. The number of fused-ring (bicyclic) bond motifs is 1. The van der Waals surface area contributed by atoms with E-state index in [-0.39, 0.29) is 11.7 Å². The predicted octanol–water partition coefficient (Wildman–Crippen LogP) is 2.41. The van der Waals surface area contributed by atoms with Crippen molar-refractivity contribution in [2.24, 2.45) is 7.05 Å². The van der Waals surface area contributed by atoms with Crippen LogP contribution in [0.5, 0.6) is 0 Å². The van der Waals surface area contributed by atoms with Crippen LogP contribution in [0.15, 0.2) is 23.6 Å². The van der Waals surface area contributed by atoms with E-state index in [4.69, 9.17) is 0 Å². The molecule has 0 unspecified atom stereocenters. The third-order valence-electron chi connectivity index (χ3n) is 3.93. The third-order valence-corrected chi connectivity index (χ3v) is 4.96. The molecule has 3 heterocycles. The van der Waals surface area contributed by atoms with Gasteiger partial charge in [0.25, 0.3) is 0 Å². The Labute approximate surface area is 143 Å². The molecule has 0 saturated heterocycles. The maximum absolute atomic E-state index is 12.1. The molecule has 0 radical (unpaired) electrons. The number of pyridine rings is 2. The highest BCUT2D eigenvalue weighted by molar-refractivity contribution is 7.99. The van der Waals surface area contributed by atoms with Crippen LogP contribution in [0.25, 0.3) is 11.0 Å². The van der Waals surface area contributed by atoms with Gasteiger partial charge in [-0.25, -0.2) is 9.97 Å². The fourth-order valence-corrected chi connectivity index (χ4v) is 3.01. The number of rotatable bonds is 4. The number of hydrogen-bond donors (Lipinski definition) is 1. The Hall–Kier alpha value is -2.48. The Morgan fingerprint density at radius 1 is 1.21 bits per heavy atom. The van der Waals surface area contributed by atoms with E-state index >= 15 is 0 Å². The van der Waals surface area contributed by atoms with Crippen molar-refractivity contribution < 1.29 is 4.79 Å². The zero-order chi connectivity index (χ0) is 17.3. The van der Waals surface area contributed by atoms with E-state index in [1.807, 2.05) is 20.0 Å². The van der Waals surface area contributed by atoms with Crippen molar-refractivity contribution in [3.8, 4) is 0 Å². The summed E-state index contributed by atoms with van der Waals surface area (Å²) in [5.74, 6) is 0.600. The Morgan fingerprint density at radius 2 is 2.00 bits per heavy atom. The molecule has 24 heavy (non-hydrogen) atoms. The Kier molecular flexibility index (Phi) is 4.48. The molecule has 3 aromatic rings. The van der Waals surface area contributed by atoms with Gasteiger partial charge in [0, 0.05) is 18.1 Å². The van der Waals surface area contributed by atoms with Crippen LogP contribution in [0.3, 0.4) is 0 Å². The second-order valence-electron chi connectivity index (χ2n) is 5.58. The minimum absolute atomic E-state index is 0.143. The van der Waals surface area contributed by atoms with Crippen molar-refractivity contribution in [1.82, 2.24) is 24.7 Å². The van der Waals surface area contributed by atoms with Crippen molar-refractivity contribution >= 4 is 34.5 Å². The zero-order valence-electron chi connectivity index (χ0n) is 14.0. The lowest BCUT2D eigenvalue weighted by Crippen LogP contribution is -2.15. The van der Waals surface area contributed by atoms with Gasteiger partial charge in [-0.1, -0.05) is 11.8 Å². The smallest absolute Gasteiger partial charge is 0.236 e. The van der Waals surface area contributed by atoms with Crippen LogP contribution < -0.4 is 5.32 Å². The number of aryl methyl sites for hydroxylation is 3. The lowest BCUT2D eigenvalue weighted by Gasteiger charge is -2.10. The predicted molar refractivity (Wildman–Crippen MR) is 94.1 cm³/mol. The second kappa shape index (κ2) is 6.56. The van der Waals surface area contributed by atoms with E-state index < -0.39 is 0 Å². The molecule has 124 valence electrons. The maximum Gasteiger partial charge on any atom is 0.236 e. The summed E-state index contributed by atoms with van der Waals surface area (Å²) in [6.07, 6.45) is 1.60. The van der Waals surface area contributed by atoms with Gasteiger partial charge in [0.1, 0.15) is 12.1 Å². The summed E-state index contributed by atoms with van der Waals surface area (Å²) < 4.78 is 1.77. The van der Waals surface area contributed by atoms with Crippen LogP contribution in [-0.2, 0) is 11.8 Å². The van der Waals surface area contributed by atoms with Gasteiger partial charge in [-0.15, -0.1) is 10.2 Å². The van der Waals surface area contributed by atoms with Crippen LogP contribution in [0.4, 0.5) is 5.82 Å². The largest absolute Gasteiger partial charge is 0.312 e. The maximum atomic E-state index is 12.1. The summed E-state index contributed by atoms with van der Waals surface area (Å²) in [7, 11) is 1.84. The molecule has 1 amide bonds. The topological polar surface area (TPSA) is 85.6 Å². The van der Waals surface area contributed by atoms with E-state index in [9.17, 15) is 4.79 Å². The normalized spacial score (nSPS) is 11.0. The molecule has 8 heteroatoms. The lowest BCUT2D eigenvalue weighted by atomic mass is 10.1. The highest BCUT2D eigenvalue weighted by Crippen LogP contribution is 2.22. The number of nitrogens with one attached hydrogen (secondary N) is 1. The summed E-state index contributed by atoms with van der Waals surface area (Å²) in [6, 6.07) is 3.75. The van der Waals surface area contributed by atoms with Gasteiger partial charge in [-0.3, -0.25) is 4.79 Å². The third kappa shape index (κ3) is 3.23. The number of aromatic nitrogens is 5. The second-order valence-corrected chi connectivity index (χ2v) is 6.52. The van der Waals surface area contributed by atoms with Crippen molar-refractivity contribution in [2.75, 3.05) is 11.1 Å². The summed E-state index contributed by atoms with van der Waals surface area (Å²) in [5.41, 5.74) is 3.94. The van der Waals surface area contributed by atoms with E-state index in [2.05, 4.69) is 39.3 Å². The highest BCUT2D eigenvalue weighted by atomic mass is 32.2. The van der Waals surface area contributed by atoms with Crippen LogP contribution in [0.2, 0.25) is 0 Å². The first kappa shape index (κ1) is 16.4. The van der Waals surface area contributed by atoms with Crippen LogP contribution in [-0.4, -0.2) is 36.4 Å². The summed E-state index contributed by atoms with van der Waals surface area (Å²) >= 11 is 1.33. The van der Waals surface area contributed by atoms with E-state index in [0.29, 0.717) is 16.6 Å². The Balaban J connectivity index is 1.74. The van der Waals surface area contributed by atoms with Crippen molar-refractivity contribution in [2.45, 2.75) is 25.9 Å². The van der Waals surface area contributed by atoms with Gasteiger partial charge in [0.05, 0.1) is 5.75 Å². The first-order chi connectivity index (χ1) is 11.5. The Bertz CT molecular complexity index is 920. The number of carbonyl (C=O) groups excluding carboxylic acids is 1. The first-order valence-electron chi connectivity index (χ1n) is 7.47. The number of carbonyl (C=O) groups is 1. The molecule has 3 aromatic heterocycles. The van der Waals surface area contributed by atoms with E-state index in [1.165, 1.54) is 22.9 Å². The molecule has 0 aliphatic heterocycles. The molecule has 7 nitrogen and oxygen atoms in total. The molecule has 0 aliphatic carbocycles. The lowest BCUT2D eigenvalue weighted by molar-refractivity contribution is -0.113. The Morgan fingerprint density at radius 3 is 2.71 bits per heavy atom. The van der Waals surface area contributed by atoms with Gasteiger partial charge >= 0.3 is 0 Å². The average molecular weight is 342 g/mol. The number of thioether (sulfide) groups is 1. The quantitative estimate of drug-likeness (QED) is 0.733. The molecule has 0 atom stereocenters. The van der Waals surface area contributed by atoms with Crippen molar-refractivity contribution in [3.63, 3.8) is 0 Å². The van der Waals surface area contributed by atoms with Gasteiger partial charge < -0.3 is 9.88 Å². The summed E-state index contributed by atoms with van der Waals surface area (Å²) in [5, 5.41) is 12.2. The van der Waals surface area contributed by atoms with Crippen LogP contribution in [0.1, 0.15) is 16.8 Å². The minimum Gasteiger partial charge on any atom is -0.312 e.